The maximum absolute atomic E-state index is 2.63. The second kappa shape index (κ2) is 4.86. The molecular formula is C13H23N. The summed E-state index contributed by atoms with van der Waals surface area (Å²) in [7, 11) is 0. The molecule has 0 atom stereocenters. The van der Waals surface area contributed by atoms with Crippen LogP contribution in [0.3, 0.4) is 0 Å². The first-order chi connectivity index (χ1) is 6.90. The van der Waals surface area contributed by atoms with Crippen molar-refractivity contribution in [2.24, 2.45) is 5.92 Å². The topological polar surface area (TPSA) is 3.24 Å². The van der Waals surface area contributed by atoms with Crippen molar-refractivity contribution >= 4 is 0 Å². The van der Waals surface area contributed by atoms with Crippen molar-refractivity contribution in [3.8, 4) is 0 Å². The smallest absolute Gasteiger partial charge is 0.0203 e. The highest BCUT2D eigenvalue weighted by Crippen LogP contribution is 2.28. The average Bonchev–Trinajstić information content (AvgIpc) is 2.67. The minimum absolute atomic E-state index is 0.997. The average molecular weight is 193 g/mol. The molecule has 2 aliphatic rings. The Morgan fingerprint density at radius 1 is 1.21 bits per heavy atom. The second-order valence-corrected chi connectivity index (χ2v) is 4.83. The number of nitrogens with zero attached hydrogens (tertiary/aromatic N) is 1. The zero-order valence-corrected chi connectivity index (χ0v) is 9.47. The van der Waals surface area contributed by atoms with E-state index in [0.29, 0.717) is 0 Å². The van der Waals surface area contributed by atoms with Gasteiger partial charge < -0.3 is 4.90 Å². The van der Waals surface area contributed by atoms with Gasteiger partial charge in [-0.15, -0.1) is 0 Å². The van der Waals surface area contributed by atoms with Gasteiger partial charge >= 0.3 is 0 Å². The van der Waals surface area contributed by atoms with Crippen molar-refractivity contribution in [1.29, 1.82) is 0 Å². The highest BCUT2D eigenvalue weighted by atomic mass is 15.2. The third-order valence-corrected chi connectivity index (χ3v) is 3.80. The van der Waals surface area contributed by atoms with Gasteiger partial charge in [-0.05, 0) is 38.5 Å². The molecule has 2 fully saturated rings. The minimum atomic E-state index is 0.997. The van der Waals surface area contributed by atoms with Crippen LogP contribution in [0.5, 0.6) is 0 Å². The molecule has 0 aromatic heterocycles. The Labute approximate surface area is 88.2 Å². The van der Waals surface area contributed by atoms with Crippen LogP contribution < -0.4 is 0 Å². The van der Waals surface area contributed by atoms with Crippen LogP contribution in [0.2, 0.25) is 0 Å². The zero-order chi connectivity index (χ0) is 9.80. The summed E-state index contributed by atoms with van der Waals surface area (Å²) in [5, 5.41) is 0. The van der Waals surface area contributed by atoms with Crippen molar-refractivity contribution in [3.05, 3.63) is 11.8 Å². The lowest BCUT2D eigenvalue weighted by Gasteiger charge is -2.28. The van der Waals surface area contributed by atoms with E-state index in [1.54, 1.807) is 5.70 Å². The van der Waals surface area contributed by atoms with Gasteiger partial charge in [0.2, 0.25) is 0 Å². The van der Waals surface area contributed by atoms with Crippen LogP contribution in [-0.2, 0) is 0 Å². The third-order valence-electron chi connectivity index (χ3n) is 3.80. The van der Waals surface area contributed by atoms with Gasteiger partial charge in [0.1, 0.15) is 0 Å². The molecule has 0 spiro atoms. The fourth-order valence-electron chi connectivity index (χ4n) is 2.97. The highest BCUT2D eigenvalue weighted by Gasteiger charge is 2.21. The molecule has 14 heavy (non-hydrogen) atoms. The fraction of sp³-hybridized carbons (Fsp3) is 0.846. The number of likely N-dealkylation sites (tertiary alicyclic amines) is 1. The first-order valence-electron chi connectivity index (χ1n) is 6.30. The van der Waals surface area contributed by atoms with Crippen LogP contribution in [0.1, 0.15) is 51.9 Å². The van der Waals surface area contributed by atoms with Crippen molar-refractivity contribution in [2.75, 3.05) is 13.1 Å². The molecule has 1 saturated heterocycles. The lowest BCUT2D eigenvalue weighted by Crippen LogP contribution is -2.26. The standard InChI is InChI=1S/C13H23N/c1-2-13-9-6-10-14(13)11-12-7-4-3-5-8-12/h2,12H,3-11H2,1H3/b13-2-. The molecule has 1 saturated carbocycles. The maximum Gasteiger partial charge on any atom is 0.0203 e. The summed E-state index contributed by atoms with van der Waals surface area (Å²) in [5.41, 5.74) is 1.61. The molecule has 1 heteroatoms. The van der Waals surface area contributed by atoms with Crippen molar-refractivity contribution in [1.82, 2.24) is 4.90 Å². The molecule has 80 valence electrons. The summed E-state index contributed by atoms with van der Waals surface area (Å²) in [5.74, 6) is 0.997. The zero-order valence-electron chi connectivity index (χ0n) is 9.47. The summed E-state index contributed by atoms with van der Waals surface area (Å²) >= 11 is 0. The molecular weight excluding hydrogens is 170 g/mol. The van der Waals surface area contributed by atoms with E-state index in [4.69, 9.17) is 0 Å². The van der Waals surface area contributed by atoms with Crippen LogP contribution in [-0.4, -0.2) is 18.0 Å². The lowest BCUT2D eigenvalue weighted by molar-refractivity contribution is 0.259. The molecule has 2 rings (SSSR count). The van der Waals surface area contributed by atoms with E-state index in [9.17, 15) is 0 Å². The van der Waals surface area contributed by atoms with E-state index in [1.807, 2.05) is 0 Å². The van der Waals surface area contributed by atoms with Crippen LogP contribution >= 0.6 is 0 Å². The van der Waals surface area contributed by atoms with Crippen LogP contribution in [0.15, 0.2) is 11.8 Å². The predicted octanol–water partition coefficient (Wildman–Crippen LogP) is 3.57. The second-order valence-electron chi connectivity index (χ2n) is 4.83. The molecule has 1 aliphatic heterocycles. The third kappa shape index (κ3) is 2.31. The van der Waals surface area contributed by atoms with Crippen molar-refractivity contribution in [3.63, 3.8) is 0 Å². The van der Waals surface area contributed by atoms with E-state index in [2.05, 4.69) is 17.9 Å². The van der Waals surface area contributed by atoms with Gasteiger partial charge in [0.25, 0.3) is 0 Å². The summed E-state index contributed by atoms with van der Waals surface area (Å²) in [6, 6.07) is 0. The largest absolute Gasteiger partial charge is 0.375 e. The maximum atomic E-state index is 2.63. The van der Waals surface area contributed by atoms with Gasteiger partial charge in [0.05, 0.1) is 0 Å². The van der Waals surface area contributed by atoms with Gasteiger partial charge in [-0.1, -0.05) is 25.3 Å². The van der Waals surface area contributed by atoms with E-state index < -0.39 is 0 Å². The van der Waals surface area contributed by atoms with Crippen LogP contribution in [0.4, 0.5) is 0 Å². The Hall–Kier alpha value is -0.460. The Morgan fingerprint density at radius 3 is 2.71 bits per heavy atom. The number of allylic oxidation sites excluding steroid dienone is 2. The molecule has 0 bridgehead atoms. The predicted molar refractivity (Wildman–Crippen MR) is 61.1 cm³/mol. The van der Waals surface area contributed by atoms with Crippen LogP contribution in [0, 0.1) is 5.92 Å². The first kappa shape index (κ1) is 10.1. The highest BCUT2D eigenvalue weighted by molar-refractivity contribution is 5.04. The molecule has 0 aromatic carbocycles. The summed E-state index contributed by atoms with van der Waals surface area (Å²) < 4.78 is 0. The molecule has 1 heterocycles. The molecule has 0 aromatic rings. The van der Waals surface area contributed by atoms with E-state index in [0.717, 1.165) is 5.92 Å². The number of hydrogen-bond donors (Lipinski definition) is 0. The van der Waals surface area contributed by atoms with Gasteiger partial charge in [-0.25, -0.2) is 0 Å². The number of rotatable bonds is 2. The van der Waals surface area contributed by atoms with Gasteiger partial charge in [-0.2, -0.15) is 0 Å². The van der Waals surface area contributed by atoms with E-state index in [1.165, 1.54) is 58.0 Å². The Morgan fingerprint density at radius 2 is 2.00 bits per heavy atom. The molecule has 0 N–H and O–H groups in total. The fourth-order valence-corrected chi connectivity index (χ4v) is 2.97. The Kier molecular flexibility index (Phi) is 3.49. The van der Waals surface area contributed by atoms with Crippen molar-refractivity contribution in [2.45, 2.75) is 51.9 Å². The summed E-state index contributed by atoms with van der Waals surface area (Å²) in [6.45, 7) is 4.85. The molecule has 0 amide bonds. The van der Waals surface area contributed by atoms with Gasteiger partial charge in [-0.3, -0.25) is 0 Å². The summed E-state index contributed by atoms with van der Waals surface area (Å²) in [4.78, 5) is 2.63. The molecule has 1 nitrogen and oxygen atoms in total. The number of hydrogen-bond acceptors (Lipinski definition) is 1. The Bertz CT molecular complexity index is 201. The monoisotopic (exact) mass is 193 g/mol. The quantitative estimate of drug-likeness (QED) is 0.648. The van der Waals surface area contributed by atoms with Crippen LogP contribution in [0.25, 0.3) is 0 Å². The summed E-state index contributed by atoms with van der Waals surface area (Å²) in [6.07, 6.45) is 12.4. The van der Waals surface area contributed by atoms with Crippen molar-refractivity contribution < 1.29 is 0 Å². The Balaban J connectivity index is 1.83. The van der Waals surface area contributed by atoms with E-state index in [-0.39, 0.29) is 0 Å². The normalized spacial score (nSPS) is 27.5. The first-order valence-corrected chi connectivity index (χ1v) is 6.30. The van der Waals surface area contributed by atoms with E-state index >= 15 is 0 Å². The molecule has 0 unspecified atom stereocenters. The molecule has 0 radical (unpaired) electrons. The van der Waals surface area contributed by atoms with Gasteiger partial charge in [0, 0.05) is 18.8 Å². The minimum Gasteiger partial charge on any atom is -0.375 e. The van der Waals surface area contributed by atoms with Gasteiger partial charge in [0.15, 0.2) is 0 Å². The molecule has 1 aliphatic carbocycles. The lowest BCUT2D eigenvalue weighted by atomic mass is 9.89. The SMILES string of the molecule is C/C=C1/CCCN1CC1CCCCC1.